The molecule has 2 heterocycles. The average molecular weight is 248 g/mol. The van der Waals surface area contributed by atoms with Crippen molar-refractivity contribution in [1.82, 2.24) is 14.8 Å². The molecule has 1 fully saturated rings. The van der Waals surface area contributed by atoms with Gasteiger partial charge in [0.15, 0.2) is 0 Å². The number of amides is 1. The molecule has 1 aromatic heterocycles. The number of rotatable bonds is 3. The highest BCUT2D eigenvalue weighted by Gasteiger charge is 2.19. The molecule has 0 unspecified atom stereocenters. The summed E-state index contributed by atoms with van der Waals surface area (Å²) in [6.45, 7) is 3.01. The average Bonchev–Trinajstić information content (AvgIpc) is 2.52. The highest BCUT2D eigenvalue weighted by Crippen LogP contribution is 2.09. The summed E-state index contributed by atoms with van der Waals surface area (Å²) in [5.41, 5.74) is 0.999. The first-order chi connectivity index (χ1) is 8.69. The number of hydrogen-bond donors (Lipinski definition) is 1. The Morgan fingerprint density at radius 2 is 2.22 bits per heavy atom. The van der Waals surface area contributed by atoms with E-state index in [0.29, 0.717) is 6.54 Å². The van der Waals surface area contributed by atoms with Crippen LogP contribution in [0.3, 0.4) is 0 Å². The molecule has 1 amide bonds. The highest BCUT2D eigenvalue weighted by atomic mass is 16.2. The van der Waals surface area contributed by atoms with E-state index in [1.165, 1.54) is 0 Å². The molecule has 18 heavy (non-hydrogen) atoms. The van der Waals surface area contributed by atoms with Gasteiger partial charge in [0.05, 0.1) is 12.2 Å². The van der Waals surface area contributed by atoms with Crippen molar-refractivity contribution in [2.75, 3.05) is 39.0 Å². The van der Waals surface area contributed by atoms with Crippen molar-refractivity contribution in [1.29, 1.82) is 0 Å². The number of carbonyl (C=O) groups is 1. The number of nitrogens with zero attached hydrogens (tertiary/aromatic N) is 3. The van der Waals surface area contributed by atoms with E-state index in [4.69, 9.17) is 0 Å². The number of nitrogens with one attached hydrogen (secondary N) is 1. The first kappa shape index (κ1) is 12.8. The van der Waals surface area contributed by atoms with Crippen molar-refractivity contribution in [3.8, 4) is 0 Å². The second-order valence-corrected chi connectivity index (χ2v) is 4.64. The fraction of sp³-hybridized carbons (Fsp3) is 0.538. The normalized spacial score (nSPS) is 17.7. The van der Waals surface area contributed by atoms with Crippen LogP contribution in [0.1, 0.15) is 12.1 Å². The van der Waals surface area contributed by atoms with Crippen LogP contribution >= 0.6 is 0 Å². The van der Waals surface area contributed by atoms with Gasteiger partial charge in [0, 0.05) is 33.7 Å². The number of anilines is 1. The number of aromatic nitrogens is 1. The highest BCUT2D eigenvalue weighted by molar-refractivity contribution is 5.78. The van der Waals surface area contributed by atoms with Gasteiger partial charge in [-0.3, -0.25) is 9.69 Å². The summed E-state index contributed by atoms with van der Waals surface area (Å²) in [5, 5.41) is 3.03. The van der Waals surface area contributed by atoms with Gasteiger partial charge in [-0.1, -0.05) is 6.07 Å². The number of carbonyl (C=O) groups excluding carboxylic acids is 1. The van der Waals surface area contributed by atoms with E-state index in [-0.39, 0.29) is 5.91 Å². The summed E-state index contributed by atoms with van der Waals surface area (Å²) in [4.78, 5) is 20.2. The van der Waals surface area contributed by atoms with Crippen molar-refractivity contribution < 1.29 is 4.79 Å². The van der Waals surface area contributed by atoms with Gasteiger partial charge in [-0.05, 0) is 18.6 Å². The predicted octanol–water partition coefficient (Wildman–Crippen LogP) is 0.787. The predicted molar refractivity (Wildman–Crippen MR) is 71.3 cm³/mol. The lowest BCUT2D eigenvalue weighted by molar-refractivity contribution is -0.130. The molecule has 1 N–H and O–H groups in total. The van der Waals surface area contributed by atoms with Crippen molar-refractivity contribution in [3.63, 3.8) is 0 Å². The number of pyridine rings is 1. The Hall–Kier alpha value is -1.62. The fourth-order valence-electron chi connectivity index (χ4n) is 2.12. The van der Waals surface area contributed by atoms with E-state index in [2.05, 4.69) is 15.2 Å². The van der Waals surface area contributed by atoms with Gasteiger partial charge < -0.3 is 10.2 Å². The Balaban J connectivity index is 2.01. The van der Waals surface area contributed by atoms with E-state index in [9.17, 15) is 4.79 Å². The molecule has 5 heteroatoms. The lowest BCUT2D eigenvalue weighted by atomic mass is 10.3. The monoisotopic (exact) mass is 248 g/mol. The molecular formula is C13H20N4O. The Labute approximate surface area is 108 Å². The zero-order valence-corrected chi connectivity index (χ0v) is 11.0. The van der Waals surface area contributed by atoms with Crippen molar-refractivity contribution in [2.24, 2.45) is 0 Å². The maximum absolute atomic E-state index is 11.8. The van der Waals surface area contributed by atoms with Crippen LogP contribution in [-0.4, -0.2) is 54.4 Å². The van der Waals surface area contributed by atoms with Crippen LogP contribution in [0.2, 0.25) is 0 Å². The van der Waals surface area contributed by atoms with Crippen LogP contribution in [0, 0.1) is 0 Å². The van der Waals surface area contributed by atoms with Gasteiger partial charge >= 0.3 is 0 Å². The minimum Gasteiger partial charge on any atom is -0.373 e. The Kier molecular flexibility index (Phi) is 4.15. The minimum atomic E-state index is 0.192. The minimum absolute atomic E-state index is 0.192. The van der Waals surface area contributed by atoms with Crippen molar-refractivity contribution in [3.05, 3.63) is 23.9 Å². The summed E-state index contributed by atoms with van der Waals surface area (Å²) >= 11 is 0. The van der Waals surface area contributed by atoms with Gasteiger partial charge in [0.2, 0.25) is 5.91 Å². The van der Waals surface area contributed by atoms with Crippen molar-refractivity contribution in [2.45, 2.75) is 13.0 Å². The molecule has 0 bridgehead atoms. The molecule has 1 saturated heterocycles. The molecule has 0 spiro atoms. The smallest absolute Gasteiger partial charge is 0.236 e. The molecule has 0 saturated carbocycles. The molecule has 1 aromatic rings. The van der Waals surface area contributed by atoms with E-state index >= 15 is 0 Å². The fourth-order valence-corrected chi connectivity index (χ4v) is 2.12. The molecule has 2 rings (SSSR count). The van der Waals surface area contributed by atoms with Gasteiger partial charge in [0.1, 0.15) is 5.82 Å². The molecule has 1 aliphatic rings. The first-order valence-electron chi connectivity index (χ1n) is 6.29. The second-order valence-electron chi connectivity index (χ2n) is 4.64. The molecule has 0 aromatic carbocycles. The summed E-state index contributed by atoms with van der Waals surface area (Å²) < 4.78 is 0. The summed E-state index contributed by atoms with van der Waals surface area (Å²) in [5.74, 6) is 1.06. The van der Waals surface area contributed by atoms with Crippen LogP contribution in [0.15, 0.2) is 18.2 Å². The zero-order chi connectivity index (χ0) is 13.0. The van der Waals surface area contributed by atoms with E-state index in [0.717, 1.165) is 37.6 Å². The Bertz CT molecular complexity index is 421. The topological polar surface area (TPSA) is 48.5 Å². The Morgan fingerprint density at radius 1 is 1.39 bits per heavy atom. The lowest BCUT2D eigenvalue weighted by Gasteiger charge is -2.19. The Morgan fingerprint density at radius 3 is 3.00 bits per heavy atom. The third-order valence-electron chi connectivity index (χ3n) is 3.20. The van der Waals surface area contributed by atoms with Crippen LogP contribution in [0.5, 0.6) is 0 Å². The largest absolute Gasteiger partial charge is 0.373 e. The molecular weight excluding hydrogens is 228 g/mol. The van der Waals surface area contributed by atoms with Gasteiger partial charge in [-0.25, -0.2) is 4.98 Å². The van der Waals surface area contributed by atoms with Gasteiger partial charge in [0.25, 0.3) is 0 Å². The number of hydrogen-bond acceptors (Lipinski definition) is 4. The summed E-state index contributed by atoms with van der Waals surface area (Å²) in [6, 6.07) is 5.92. The van der Waals surface area contributed by atoms with E-state index < -0.39 is 0 Å². The SMILES string of the molecule is CNc1cccc(CN2CCCN(C)C(=O)C2)n1. The standard InChI is InChI=1S/C13H20N4O/c1-14-12-6-3-5-11(15-12)9-17-8-4-7-16(2)13(18)10-17/h3,5-6H,4,7-10H2,1-2H3,(H,14,15). The third kappa shape index (κ3) is 3.20. The van der Waals surface area contributed by atoms with E-state index in [1.54, 1.807) is 4.90 Å². The summed E-state index contributed by atoms with van der Waals surface area (Å²) in [6.07, 6.45) is 1.02. The third-order valence-corrected chi connectivity index (χ3v) is 3.20. The molecule has 5 nitrogen and oxygen atoms in total. The molecule has 98 valence electrons. The van der Waals surface area contributed by atoms with Crippen LogP contribution in [-0.2, 0) is 11.3 Å². The van der Waals surface area contributed by atoms with Crippen LogP contribution in [0.4, 0.5) is 5.82 Å². The lowest BCUT2D eigenvalue weighted by Crippen LogP contribution is -2.34. The zero-order valence-electron chi connectivity index (χ0n) is 11.0. The van der Waals surface area contributed by atoms with E-state index in [1.807, 2.05) is 32.3 Å². The number of likely N-dealkylation sites (N-methyl/N-ethyl adjacent to an activating group) is 1. The van der Waals surface area contributed by atoms with Crippen LogP contribution in [0.25, 0.3) is 0 Å². The van der Waals surface area contributed by atoms with Gasteiger partial charge in [-0.2, -0.15) is 0 Å². The second kappa shape index (κ2) is 5.82. The van der Waals surface area contributed by atoms with Crippen molar-refractivity contribution >= 4 is 11.7 Å². The molecule has 1 aliphatic heterocycles. The quantitative estimate of drug-likeness (QED) is 0.859. The maximum atomic E-state index is 11.8. The first-order valence-corrected chi connectivity index (χ1v) is 6.29. The molecule has 0 aliphatic carbocycles. The van der Waals surface area contributed by atoms with Crippen LogP contribution < -0.4 is 5.32 Å². The maximum Gasteiger partial charge on any atom is 0.236 e. The molecule has 0 radical (unpaired) electrons. The summed E-state index contributed by atoms with van der Waals surface area (Å²) in [7, 11) is 3.72. The van der Waals surface area contributed by atoms with Gasteiger partial charge in [-0.15, -0.1) is 0 Å². The molecule has 0 atom stereocenters.